The molecule has 0 spiro atoms. The number of rotatable bonds is 2. The zero-order valence-electron chi connectivity index (χ0n) is 8.79. The van der Waals surface area contributed by atoms with Crippen molar-refractivity contribution in [2.24, 2.45) is 0 Å². The molecule has 6 heteroatoms. The van der Waals surface area contributed by atoms with Gasteiger partial charge < -0.3 is 10.1 Å². The number of hydrogen-bond acceptors (Lipinski definition) is 2. The van der Waals surface area contributed by atoms with E-state index < -0.39 is 11.8 Å². The number of nitrogens with zero attached hydrogens (tertiary/aromatic N) is 1. The molecule has 0 aliphatic heterocycles. The van der Waals surface area contributed by atoms with Crippen molar-refractivity contribution in [1.82, 2.24) is 9.97 Å². The minimum atomic E-state index is -1.12. The molecule has 0 fully saturated rings. The number of carboxylic acids is 1. The molecule has 0 aliphatic rings. The minimum absolute atomic E-state index is 0.0691. The summed E-state index contributed by atoms with van der Waals surface area (Å²) in [6.45, 7) is 1.59. The number of aromatic nitrogens is 2. The topological polar surface area (TPSA) is 66.0 Å². The van der Waals surface area contributed by atoms with Gasteiger partial charge in [0.1, 0.15) is 11.6 Å². The number of carboxylic acid groups (broad SMARTS) is 1. The van der Waals surface area contributed by atoms with Gasteiger partial charge in [0.25, 0.3) is 0 Å². The lowest BCUT2D eigenvalue weighted by molar-refractivity contribution is 0.0690. The van der Waals surface area contributed by atoms with Crippen LogP contribution in [0.5, 0.6) is 0 Å². The van der Waals surface area contributed by atoms with Gasteiger partial charge in [-0.05, 0) is 25.1 Å². The van der Waals surface area contributed by atoms with Crippen molar-refractivity contribution in [3.63, 3.8) is 0 Å². The number of benzene rings is 1. The van der Waals surface area contributed by atoms with Crippen LogP contribution in [0.25, 0.3) is 11.4 Å². The van der Waals surface area contributed by atoms with E-state index in [9.17, 15) is 9.18 Å². The average Bonchev–Trinajstić information content (AvgIpc) is 2.60. The van der Waals surface area contributed by atoms with Gasteiger partial charge in [-0.1, -0.05) is 11.6 Å². The molecule has 0 atom stereocenters. The van der Waals surface area contributed by atoms with E-state index in [0.29, 0.717) is 17.1 Å². The minimum Gasteiger partial charge on any atom is -0.476 e. The second-order valence-electron chi connectivity index (χ2n) is 3.49. The van der Waals surface area contributed by atoms with E-state index in [2.05, 4.69) is 9.97 Å². The molecule has 1 heterocycles. The molecule has 88 valence electrons. The predicted molar refractivity (Wildman–Crippen MR) is 60.7 cm³/mol. The molecule has 0 saturated carbocycles. The first-order chi connectivity index (χ1) is 7.99. The van der Waals surface area contributed by atoms with Crippen LogP contribution < -0.4 is 0 Å². The molecule has 4 nitrogen and oxygen atoms in total. The maximum atomic E-state index is 12.9. The third kappa shape index (κ3) is 2.14. The molecule has 0 unspecified atom stereocenters. The maximum absolute atomic E-state index is 12.9. The fourth-order valence-electron chi connectivity index (χ4n) is 1.48. The summed E-state index contributed by atoms with van der Waals surface area (Å²) in [4.78, 5) is 17.5. The van der Waals surface area contributed by atoms with Crippen LogP contribution >= 0.6 is 11.6 Å². The SMILES string of the molecule is Cc1[nH]c(-c2ccc(F)cc2Cl)nc1C(=O)O. The third-order valence-corrected chi connectivity index (χ3v) is 2.59. The molecule has 2 N–H and O–H groups in total. The Hall–Kier alpha value is -1.88. The Morgan fingerprint density at radius 3 is 2.76 bits per heavy atom. The molecular weight excluding hydrogens is 247 g/mol. The summed E-state index contributed by atoms with van der Waals surface area (Å²) < 4.78 is 12.9. The van der Waals surface area contributed by atoms with Gasteiger partial charge in [-0.15, -0.1) is 0 Å². The third-order valence-electron chi connectivity index (χ3n) is 2.27. The van der Waals surface area contributed by atoms with Gasteiger partial charge in [0.2, 0.25) is 0 Å². The number of aryl methyl sites for hydroxylation is 1. The quantitative estimate of drug-likeness (QED) is 0.866. The number of hydrogen-bond donors (Lipinski definition) is 2. The number of nitrogens with one attached hydrogen (secondary N) is 1. The van der Waals surface area contributed by atoms with Crippen LogP contribution in [0.1, 0.15) is 16.2 Å². The summed E-state index contributed by atoms with van der Waals surface area (Å²) in [6, 6.07) is 3.83. The first kappa shape index (κ1) is 11.6. The van der Waals surface area contributed by atoms with Crippen LogP contribution in [-0.2, 0) is 0 Å². The number of carbonyl (C=O) groups is 1. The summed E-state index contributed by atoms with van der Waals surface area (Å²) in [6.07, 6.45) is 0. The van der Waals surface area contributed by atoms with E-state index >= 15 is 0 Å². The van der Waals surface area contributed by atoms with Crippen molar-refractivity contribution in [1.29, 1.82) is 0 Å². The van der Waals surface area contributed by atoms with E-state index in [-0.39, 0.29) is 10.7 Å². The Balaban J connectivity index is 2.53. The number of imidazole rings is 1. The molecule has 0 radical (unpaired) electrons. The summed E-state index contributed by atoms with van der Waals surface area (Å²) in [7, 11) is 0. The molecule has 0 amide bonds. The molecule has 17 heavy (non-hydrogen) atoms. The molecule has 0 aliphatic carbocycles. The normalized spacial score (nSPS) is 10.5. The molecule has 1 aromatic heterocycles. The van der Waals surface area contributed by atoms with Gasteiger partial charge in [0.05, 0.1) is 5.02 Å². The van der Waals surface area contributed by atoms with Gasteiger partial charge in [0, 0.05) is 11.3 Å². The highest BCUT2D eigenvalue weighted by Gasteiger charge is 2.16. The van der Waals surface area contributed by atoms with E-state index in [4.69, 9.17) is 16.7 Å². The Labute approximate surface area is 101 Å². The fraction of sp³-hybridized carbons (Fsp3) is 0.0909. The zero-order chi connectivity index (χ0) is 12.6. The molecule has 2 aromatic rings. The summed E-state index contributed by atoms with van der Waals surface area (Å²) >= 11 is 5.86. The lowest BCUT2D eigenvalue weighted by Gasteiger charge is -1.99. The van der Waals surface area contributed by atoms with Crippen LogP contribution in [-0.4, -0.2) is 21.0 Å². The Morgan fingerprint density at radius 1 is 1.53 bits per heavy atom. The average molecular weight is 255 g/mol. The zero-order valence-corrected chi connectivity index (χ0v) is 9.55. The van der Waals surface area contributed by atoms with Crippen molar-refractivity contribution < 1.29 is 14.3 Å². The van der Waals surface area contributed by atoms with Crippen LogP contribution in [0.15, 0.2) is 18.2 Å². The van der Waals surface area contributed by atoms with Crippen LogP contribution in [0.2, 0.25) is 5.02 Å². The molecule has 0 saturated heterocycles. The second kappa shape index (κ2) is 4.18. The highest BCUT2D eigenvalue weighted by atomic mass is 35.5. The maximum Gasteiger partial charge on any atom is 0.356 e. The van der Waals surface area contributed by atoms with E-state index in [0.717, 1.165) is 6.07 Å². The Bertz CT molecular complexity index is 595. The number of halogens is 2. The molecule has 0 bridgehead atoms. The Morgan fingerprint density at radius 2 is 2.24 bits per heavy atom. The largest absolute Gasteiger partial charge is 0.476 e. The molecule has 1 aromatic carbocycles. The molecular formula is C11H8ClFN2O2. The van der Waals surface area contributed by atoms with Crippen molar-refractivity contribution in [2.45, 2.75) is 6.92 Å². The standard InChI is InChI=1S/C11H8ClFN2O2/c1-5-9(11(16)17)15-10(14-5)7-3-2-6(13)4-8(7)12/h2-4H,1H3,(H,14,15)(H,16,17). The number of H-pyrrole nitrogens is 1. The monoisotopic (exact) mass is 254 g/mol. The van der Waals surface area contributed by atoms with Gasteiger partial charge in [0.15, 0.2) is 5.69 Å². The highest BCUT2D eigenvalue weighted by Crippen LogP contribution is 2.27. The fourth-order valence-corrected chi connectivity index (χ4v) is 1.73. The van der Waals surface area contributed by atoms with Gasteiger partial charge in [-0.3, -0.25) is 0 Å². The summed E-state index contributed by atoms with van der Waals surface area (Å²) in [5.74, 6) is -1.27. The van der Waals surface area contributed by atoms with E-state index in [1.807, 2.05) is 0 Å². The number of aromatic amines is 1. The van der Waals surface area contributed by atoms with Crippen LogP contribution in [0, 0.1) is 12.7 Å². The number of aromatic carboxylic acids is 1. The van der Waals surface area contributed by atoms with Gasteiger partial charge in [-0.25, -0.2) is 14.2 Å². The smallest absolute Gasteiger partial charge is 0.356 e. The van der Waals surface area contributed by atoms with E-state index in [1.165, 1.54) is 12.1 Å². The van der Waals surface area contributed by atoms with Gasteiger partial charge >= 0.3 is 5.97 Å². The van der Waals surface area contributed by atoms with E-state index in [1.54, 1.807) is 6.92 Å². The molecule has 2 rings (SSSR count). The first-order valence-corrected chi connectivity index (χ1v) is 5.12. The van der Waals surface area contributed by atoms with Crippen molar-refractivity contribution in [2.75, 3.05) is 0 Å². The summed E-state index contributed by atoms with van der Waals surface area (Å²) in [5, 5.41) is 9.04. The highest BCUT2D eigenvalue weighted by molar-refractivity contribution is 6.33. The van der Waals surface area contributed by atoms with Crippen LogP contribution in [0.3, 0.4) is 0 Å². The van der Waals surface area contributed by atoms with Crippen molar-refractivity contribution in [3.8, 4) is 11.4 Å². The lowest BCUT2D eigenvalue weighted by Crippen LogP contribution is -1.98. The summed E-state index contributed by atoms with van der Waals surface area (Å²) in [5.41, 5.74) is 0.817. The first-order valence-electron chi connectivity index (χ1n) is 4.74. The van der Waals surface area contributed by atoms with Crippen molar-refractivity contribution >= 4 is 17.6 Å². The predicted octanol–water partition coefficient (Wildman–Crippen LogP) is 2.88. The Kier molecular flexibility index (Phi) is 2.85. The van der Waals surface area contributed by atoms with Crippen molar-refractivity contribution in [3.05, 3.63) is 40.4 Å². The van der Waals surface area contributed by atoms with Crippen LogP contribution in [0.4, 0.5) is 4.39 Å². The second-order valence-corrected chi connectivity index (χ2v) is 3.90. The lowest BCUT2D eigenvalue weighted by atomic mass is 10.2. The van der Waals surface area contributed by atoms with Gasteiger partial charge in [-0.2, -0.15) is 0 Å².